The van der Waals surface area contributed by atoms with Gasteiger partial charge >= 0.3 is 0 Å². The van der Waals surface area contributed by atoms with Crippen LogP contribution in [0.2, 0.25) is 0 Å². The average molecular weight is 350 g/mol. The third-order valence-electron chi connectivity index (χ3n) is 2.77. The van der Waals surface area contributed by atoms with Gasteiger partial charge in [-0.1, -0.05) is 0 Å². The smallest absolute Gasteiger partial charge is 0.235 e. The molecule has 1 saturated heterocycles. The molecule has 7 heteroatoms. The molecule has 1 N–H and O–H groups in total. The number of anilines is 1. The Kier molecular flexibility index (Phi) is 3.87. The summed E-state index contributed by atoms with van der Waals surface area (Å²) < 4.78 is 5.67. The second-order valence-electron chi connectivity index (χ2n) is 3.96. The second-order valence-corrected chi connectivity index (χ2v) is 5.04. The number of hydrogen-bond acceptors (Lipinski definition) is 6. The highest BCUT2D eigenvalue weighted by molar-refractivity contribution is 14.1. The Morgan fingerprint density at radius 2 is 1.88 bits per heavy atom. The fourth-order valence-electron chi connectivity index (χ4n) is 1.69. The molecule has 6 nitrogen and oxygen atoms in total. The quantitative estimate of drug-likeness (QED) is 0.786. The van der Waals surface area contributed by atoms with Gasteiger partial charge in [0.2, 0.25) is 17.7 Å². The second kappa shape index (κ2) is 5.21. The number of aromatic nitrogens is 2. The van der Waals surface area contributed by atoms with Crippen LogP contribution in [0.3, 0.4) is 0 Å². The van der Waals surface area contributed by atoms with Crippen molar-refractivity contribution < 1.29 is 9.84 Å². The molecule has 2 heterocycles. The van der Waals surface area contributed by atoms with Gasteiger partial charge in [-0.05, 0) is 29.6 Å². The molecule has 1 aromatic heterocycles. The Morgan fingerprint density at radius 3 is 2.47 bits per heavy atom. The third-order valence-corrected chi connectivity index (χ3v) is 3.71. The van der Waals surface area contributed by atoms with Crippen molar-refractivity contribution in [2.24, 2.45) is 0 Å². The van der Waals surface area contributed by atoms with E-state index < -0.39 is 0 Å². The number of halogens is 1. The van der Waals surface area contributed by atoms with Crippen molar-refractivity contribution in [3.8, 4) is 11.8 Å². The SMILES string of the molecule is COc1nc(N2CCN(C)CC2)nc(O)c1I. The van der Waals surface area contributed by atoms with Crippen LogP contribution in [0.4, 0.5) is 5.95 Å². The molecule has 0 radical (unpaired) electrons. The molecule has 94 valence electrons. The van der Waals surface area contributed by atoms with Crippen LogP contribution in [-0.2, 0) is 0 Å². The van der Waals surface area contributed by atoms with E-state index in [1.54, 1.807) is 0 Å². The standard InChI is InChI=1S/C10H15IN4O2/c1-14-3-5-15(6-4-14)10-12-8(16)7(11)9(13-10)17-2/h3-6H2,1-2H3,(H,12,13,16). The molecule has 0 atom stereocenters. The molecule has 1 aromatic rings. The first-order valence-electron chi connectivity index (χ1n) is 5.36. The number of rotatable bonds is 2. The third kappa shape index (κ3) is 2.71. The molecule has 0 amide bonds. The van der Waals surface area contributed by atoms with E-state index in [9.17, 15) is 5.11 Å². The van der Waals surface area contributed by atoms with Crippen LogP contribution >= 0.6 is 22.6 Å². The van der Waals surface area contributed by atoms with Crippen molar-refractivity contribution in [2.75, 3.05) is 45.2 Å². The Balaban J connectivity index is 2.24. The zero-order chi connectivity index (χ0) is 12.4. The van der Waals surface area contributed by atoms with Crippen LogP contribution in [-0.4, -0.2) is 60.3 Å². The molecule has 0 aliphatic carbocycles. The number of nitrogens with zero attached hydrogens (tertiary/aromatic N) is 4. The van der Waals surface area contributed by atoms with Gasteiger partial charge in [0.1, 0.15) is 3.57 Å². The molecule has 2 rings (SSSR count). The van der Waals surface area contributed by atoms with E-state index in [4.69, 9.17) is 4.74 Å². The highest BCUT2D eigenvalue weighted by Crippen LogP contribution is 2.28. The van der Waals surface area contributed by atoms with Crippen molar-refractivity contribution in [3.05, 3.63) is 3.57 Å². The fourth-order valence-corrected chi connectivity index (χ4v) is 2.15. The molecule has 0 spiro atoms. The Labute approximate surface area is 114 Å². The van der Waals surface area contributed by atoms with Crippen LogP contribution in [0.15, 0.2) is 0 Å². The van der Waals surface area contributed by atoms with Crippen LogP contribution < -0.4 is 9.64 Å². The fraction of sp³-hybridized carbons (Fsp3) is 0.600. The first-order valence-corrected chi connectivity index (χ1v) is 6.43. The largest absolute Gasteiger partial charge is 0.492 e. The van der Waals surface area contributed by atoms with Crippen LogP contribution in [0, 0.1) is 3.57 Å². The monoisotopic (exact) mass is 350 g/mol. The minimum atomic E-state index is -0.0219. The van der Waals surface area contributed by atoms with Crippen molar-refractivity contribution in [2.45, 2.75) is 0 Å². The van der Waals surface area contributed by atoms with E-state index in [2.05, 4.69) is 26.8 Å². The van der Waals surface area contributed by atoms with E-state index in [0.717, 1.165) is 26.2 Å². The molecule has 0 bridgehead atoms. The maximum atomic E-state index is 9.72. The van der Waals surface area contributed by atoms with Gasteiger partial charge in [-0.25, -0.2) is 0 Å². The molecule has 17 heavy (non-hydrogen) atoms. The Bertz CT molecular complexity index is 408. The van der Waals surface area contributed by atoms with Gasteiger partial charge in [0.05, 0.1) is 7.11 Å². The van der Waals surface area contributed by atoms with Gasteiger partial charge in [0.25, 0.3) is 0 Å². The van der Waals surface area contributed by atoms with Crippen LogP contribution in [0.1, 0.15) is 0 Å². The van der Waals surface area contributed by atoms with Gasteiger partial charge in [-0.3, -0.25) is 0 Å². The molecular weight excluding hydrogens is 335 g/mol. The van der Waals surface area contributed by atoms with E-state index in [-0.39, 0.29) is 5.88 Å². The minimum Gasteiger partial charge on any atom is -0.492 e. The van der Waals surface area contributed by atoms with Crippen molar-refractivity contribution in [1.82, 2.24) is 14.9 Å². The summed E-state index contributed by atoms with van der Waals surface area (Å²) in [5.74, 6) is 0.936. The van der Waals surface area contributed by atoms with Crippen LogP contribution in [0.5, 0.6) is 11.8 Å². The first kappa shape index (κ1) is 12.6. The number of piperazine rings is 1. The van der Waals surface area contributed by atoms with Crippen molar-refractivity contribution >= 4 is 28.5 Å². The number of hydrogen-bond donors (Lipinski definition) is 1. The van der Waals surface area contributed by atoms with E-state index >= 15 is 0 Å². The zero-order valence-corrected chi connectivity index (χ0v) is 12.0. The van der Waals surface area contributed by atoms with E-state index in [1.165, 1.54) is 7.11 Å². The lowest BCUT2D eigenvalue weighted by Gasteiger charge is -2.32. The molecule has 1 aliphatic heterocycles. The first-order chi connectivity index (χ1) is 8.11. The van der Waals surface area contributed by atoms with Gasteiger partial charge in [0.15, 0.2) is 0 Å². The molecule has 1 fully saturated rings. The minimum absolute atomic E-state index is 0.0219. The van der Waals surface area contributed by atoms with Gasteiger partial charge < -0.3 is 19.6 Å². The summed E-state index contributed by atoms with van der Waals surface area (Å²) in [6.45, 7) is 3.66. The van der Waals surface area contributed by atoms with E-state index in [0.29, 0.717) is 15.4 Å². The summed E-state index contributed by atoms with van der Waals surface area (Å²) in [4.78, 5) is 12.7. The maximum absolute atomic E-state index is 9.72. The molecule has 0 aromatic carbocycles. The average Bonchev–Trinajstić information content (AvgIpc) is 2.33. The maximum Gasteiger partial charge on any atom is 0.235 e. The van der Waals surface area contributed by atoms with E-state index in [1.807, 2.05) is 22.6 Å². The number of likely N-dealkylation sites (N-methyl/N-ethyl adjacent to an activating group) is 1. The Morgan fingerprint density at radius 1 is 1.24 bits per heavy atom. The molecule has 1 aliphatic rings. The summed E-state index contributed by atoms with van der Waals surface area (Å²) in [6.07, 6.45) is 0. The lowest BCUT2D eigenvalue weighted by atomic mass is 10.3. The predicted molar refractivity (Wildman–Crippen MR) is 72.7 cm³/mol. The molecular formula is C10H15IN4O2. The highest BCUT2D eigenvalue weighted by atomic mass is 127. The summed E-state index contributed by atoms with van der Waals surface area (Å²) in [6, 6.07) is 0. The van der Waals surface area contributed by atoms with Crippen LogP contribution in [0.25, 0.3) is 0 Å². The lowest BCUT2D eigenvalue weighted by Crippen LogP contribution is -2.45. The topological polar surface area (TPSA) is 61.7 Å². The van der Waals surface area contributed by atoms with Crippen molar-refractivity contribution in [1.29, 1.82) is 0 Å². The summed E-state index contributed by atoms with van der Waals surface area (Å²) in [5.41, 5.74) is 0. The summed E-state index contributed by atoms with van der Waals surface area (Å²) in [5, 5.41) is 9.72. The predicted octanol–water partition coefficient (Wildman–Crippen LogP) is 0.547. The normalized spacial score (nSPS) is 17.2. The van der Waals surface area contributed by atoms with Crippen molar-refractivity contribution in [3.63, 3.8) is 0 Å². The summed E-state index contributed by atoms with van der Waals surface area (Å²) in [7, 11) is 3.63. The Hall–Kier alpha value is -0.830. The molecule has 0 unspecified atom stereocenters. The molecule has 0 saturated carbocycles. The number of methoxy groups -OCH3 is 1. The highest BCUT2D eigenvalue weighted by Gasteiger charge is 2.20. The van der Waals surface area contributed by atoms with Gasteiger partial charge in [-0.15, -0.1) is 0 Å². The lowest BCUT2D eigenvalue weighted by molar-refractivity contribution is 0.309. The number of aromatic hydroxyl groups is 1. The van der Waals surface area contributed by atoms with Gasteiger partial charge in [-0.2, -0.15) is 9.97 Å². The zero-order valence-electron chi connectivity index (χ0n) is 9.85. The number of ether oxygens (including phenoxy) is 1. The van der Waals surface area contributed by atoms with Gasteiger partial charge in [0, 0.05) is 26.2 Å². The summed E-state index contributed by atoms with van der Waals surface area (Å²) >= 11 is 1.97.